The maximum atomic E-state index is 13.2. The Morgan fingerprint density at radius 2 is 1.83 bits per heavy atom. The third-order valence-corrected chi connectivity index (χ3v) is 7.30. The Balaban J connectivity index is 1.45. The molecule has 3 fully saturated rings. The summed E-state index contributed by atoms with van der Waals surface area (Å²) < 4.78 is 10.9. The summed E-state index contributed by atoms with van der Waals surface area (Å²) in [5.41, 5.74) is 1.64. The number of quaternary nitrogens is 1. The van der Waals surface area contributed by atoms with Crippen molar-refractivity contribution in [1.82, 2.24) is 4.90 Å². The van der Waals surface area contributed by atoms with Crippen LogP contribution in [0.1, 0.15) is 12.0 Å². The molecule has 2 bridgehead atoms. The van der Waals surface area contributed by atoms with Crippen molar-refractivity contribution in [2.45, 2.75) is 12.5 Å². The molecule has 2 aliphatic heterocycles. The fraction of sp³-hybridized carbons (Fsp3) is 0.591. The van der Waals surface area contributed by atoms with Crippen LogP contribution >= 0.6 is 0 Å². The zero-order valence-corrected chi connectivity index (χ0v) is 17.8. The Labute approximate surface area is 175 Å². The summed E-state index contributed by atoms with van der Waals surface area (Å²) >= 11 is 0. The Kier molecular flexibility index (Phi) is 4.50. The highest BCUT2D eigenvalue weighted by Crippen LogP contribution is 2.61. The molecule has 1 N–H and O–H groups in total. The third-order valence-electron chi connectivity index (χ3n) is 7.30. The zero-order chi connectivity index (χ0) is 21.2. The number of ether oxygens (including phenoxy) is 2. The molecule has 30 heavy (non-hydrogen) atoms. The fourth-order valence-corrected chi connectivity index (χ4v) is 5.98. The van der Waals surface area contributed by atoms with Gasteiger partial charge >= 0.3 is 0 Å². The van der Waals surface area contributed by atoms with Crippen LogP contribution in [0.25, 0.3) is 0 Å². The van der Waals surface area contributed by atoms with E-state index in [1.165, 1.54) is 9.80 Å². The summed E-state index contributed by atoms with van der Waals surface area (Å²) in [4.78, 5) is 34.9. The van der Waals surface area contributed by atoms with Gasteiger partial charge in [0.2, 0.25) is 11.8 Å². The number of likely N-dealkylation sites (tertiary alicyclic amines) is 1. The monoisotopic (exact) mass is 414 g/mol. The quantitative estimate of drug-likeness (QED) is 0.653. The van der Waals surface area contributed by atoms with Crippen LogP contribution in [-0.4, -0.2) is 69.9 Å². The van der Waals surface area contributed by atoms with E-state index in [-0.39, 0.29) is 47.5 Å². The molecule has 2 saturated carbocycles. The van der Waals surface area contributed by atoms with Gasteiger partial charge in [0.1, 0.15) is 17.6 Å². The van der Waals surface area contributed by atoms with Gasteiger partial charge in [-0.05, 0) is 30.5 Å². The number of hydrogen-bond acceptors (Lipinski definition) is 6. The normalized spacial score (nSPS) is 33.6. The average molecular weight is 414 g/mol. The first-order valence-corrected chi connectivity index (χ1v) is 10.6. The average Bonchev–Trinajstić information content (AvgIpc) is 3.47. The number of fused-ring (bicyclic) bond motifs is 8. The number of oxime groups is 1. The molecular formula is C22H28N3O5+. The van der Waals surface area contributed by atoms with Gasteiger partial charge < -0.3 is 19.2 Å². The molecule has 6 atom stereocenters. The van der Waals surface area contributed by atoms with Crippen LogP contribution in [0.4, 0.5) is 0 Å². The highest BCUT2D eigenvalue weighted by atomic mass is 16.6. The minimum Gasteiger partial charge on any atom is -0.497 e. The molecule has 2 amide bonds. The van der Waals surface area contributed by atoms with Crippen LogP contribution in [0.3, 0.4) is 0 Å². The lowest BCUT2D eigenvalue weighted by Gasteiger charge is -2.30. The van der Waals surface area contributed by atoms with Gasteiger partial charge in [-0.2, -0.15) is 0 Å². The highest BCUT2D eigenvalue weighted by molar-refractivity contribution is 6.09. The van der Waals surface area contributed by atoms with Crippen LogP contribution in [0.2, 0.25) is 0 Å². The summed E-state index contributed by atoms with van der Waals surface area (Å²) in [7, 11) is 7.30. The van der Waals surface area contributed by atoms with E-state index in [0.29, 0.717) is 18.0 Å². The molecule has 2 aliphatic carbocycles. The largest absolute Gasteiger partial charge is 0.497 e. The van der Waals surface area contributed by atoms with E-state index in [1.807, 2.05) is 32.3 Å². The van der Waals surface area contributed by atoms with Gasteiger partial charge in [-0.1, -0.05) is 5.16 Å². The number of imide groups is 1. The first-order valence-electron chi connectivity index (χ1n) is 10.6. The van der Waals surface area contributed by atoms with Gasteiger partial charge in [-0.15, -0.1) is 0 Å². The van der Waals surface area contributed by atoms with Crippen molar-refractivity contribution in [3.63, 3.8) is 0 Å². The van der Waals surface area contributed by atoms with Crippen molar-refractivity contribution in [2.75, 3.05) is 41.4 Å². The standard InChI is InChI=1S/C22H27N3O5/c1-24(2)7-8-25-21(26)16-13-10-14(17(16)22(25)27)20-18(13)19(23-30-20)12-9-11(28-3)5-6-15(12)29-4/h5-6,9,13-14,16-18,20H,7-8,10H2,1-4H3/p+1/t13-,14+,16+,17-,18+,20+/m0/s1. The molecule has 2 heterocycles. The van der Waals surface area contributed by atoms with Crippen LogP contribution in [0.5, 0.6) is 11.5 Å². The second kappa shape index (κ2) is 6.97. The van der Waals surface area contributed by atoms with Gasteiger partial charge in [0, 0.05) is 17.4 Å². The lowest BCUT2D eigenvalue weighted by molar-refractivity contribution is -0.857. The van der Waals surface area contributed by atoms with Gasteiger partial charge in [-0.3, -0.25) is 14.5 Å². The van der Waals surface area contributed by atoms with Crippen LogP contribution in [0, 0.1) is 29.6 Å². The molecule has 1 saturated heterocycles. The predicted octanol–water partition coefficient (Wildman–Crippen LogP) is -0.182. The lowest BCUT2D eigenvalue weighted by atomic mass is 9.71. The number of methoxy groups -OCH3 is 2. The summed E-state index contributed by atoms with van der Waals surface area (Å²) in [6.45, 7) is 1.23. The number of nitrogens with one attached hydrogen (secondary N) is 1. The van der Waals surface area contributed by atoms with Gasteiger partial charge in [0.25, 0.3) is 0 Å². The Hall–Kier alpha value is -2.61. The van der Waals surface area contributed by atoms with E-state index < -0.39 is 0 Å². The fourth-order valence-electron chi connectivity index (χ4n) is 5.98. The smallest absolute Gasteiger partial charge is 0.233 e. The molecule has 4 aliphatic rings. The minimum absolute atomic E-state index is 0.00608. The predicted molar refractivity (Wildman–Crippen MR) is 107 cm³/mol. The number of rotatable bonds is 6. The molecule has 0 spiro atoms. The second-order valence-electron chi connectivity index (χ2n) is 9.04. The van der Waals surface area contributed by atoms with E-state index in [0.717, 1.165) is 24.2 Å². The maximum absolute atomic E-state index is 13.2. The van der Waals surface area contributed by atoms with Crippen molar-refractivity contribution in [2.24, 2.45) is 34.7 Å². The number of nitrogens with zero attached hydrogens (tertiary/aromatic N) is 2. The number of carbonyl (C=O) groups is 2. The number of benzene rings is 1. The summed E-state index contributed by atoms with van der Waals surface area (Å²) in [6.07, 6.45) is 0.679. The molecule has 1 aromatic carbocycles. The Bertz CT molecular complexity index is 929. The van der Waals surface area contributed by atoms with Crippen molar-refractivity contribution >= 4 is 17.5 Å². The first kappa shape index (κ1) is 19.4. The molecule has 8 nitrogen and oxygen atoms in total. The molecule has 5 rings (SSSR count). The minimum atomic E-state index is -0.261. The third kappa shape index (κ3) is 2.59. The highest BCUT2D eigenvalue weighted by Gasteiger charge is 2.70. The molecule has 8 heteroatoms. The topological polar surface area (TPSA) is 81.9 Å². The van der Waals surface area contributed by atoms with Gasteiger partial charge in [0.15, 0.2) is 0 Å². The van der Waals surface area contributed by atoms with E-state index in [2.05, 4.69) is 5.16 Å². The molecule has 0 aromatic heterocycles. The lowest BCUT2D eigenvalue weighted by Crippen LogP contribution is -3.06. The van der Waals surface area contributed by atoms with E-state index in [1.54, 1.807) is 14.2 Å². The molecule has 160 valence electrons. The van der Waals surface area contributed by atoms with E-state index in [9.17, 15) is 9.59 Å². The maximum Gasteiger partial charge on any atom is 0.233 e. The molecule has 0 radical (unpaired) electrons. The van der Waals surface area contributed by atoms with Gasteiger partial charge in [-0.25, -0.2) is 0 Å². The Morgan fingerprint density at radius 3 is 2.50 bits per heavy atom. The van der Waals surface area contributed by atoms with E-state index >= 15 is 0 Å². The summed E-state index contributed by atoms with van der Waals surface area (Å²) in [6, 6.07) is 5.60. The summed E-state index contributed by atoms with van der Waals surface area (Å²) in [5.74, 6) is 0.950. The number of amides is 2. The van der Waals surface area contributed by atoms with Crippen molar-refractivity contribution < 1.29 is 28.8 Å². The zero-order valence-electron chi connectivity index (χ0n) is 17.8. The van der Waals surface area contributed by atoms with Crippen molar-refractivity contribution in [3.05, 3.63) is 23.8 Å². The van der Waals surface area contributed by atoms with E-state index in [4.69, 9.17) is 14.3 Å². The summed E-state index contributed by atoms with van der Waals surface area (Å²) in [5, 5.41) is 4.41. The molecular weight excluding hydrogens is 386 g/mol. The van der Waals surface area contributed by atoms with Crippen molar-refractivity contribution in [1.29, 1.82) is 0 Å². The van der Waals surface area contributed by atoms with Crippen LogP contribution in [-0.2, 0) is 14.4 Å². The number of likely N-dealkylation sites (N-methyl/N-ethyl adjacent to an activating group) is 1. The molecule has 0 unspecified atom stereocenters. The van der Waals surface area contributed by atoms with Crippen LogP contribution in [0.15, 0.2) is 23.4 Å². The van der Waals surface area contributed by atoms with Crippen molar-refractivity contribution in [3.8, 4) is 11.5 Å². The SMILES string of the molecule is COc1ccc(OC)c(C2=NO[C@@H]3[C@@H]4C[C@@H]([C@H]5C(=O)N(CC[NH+](C)C)C(=O)[C@@H]45)[C@H]23)c1. The second-order valence-corrected chi connectivity index (χ2v) is 9.04. The number of hydrogen-bond donors (Lipinski definition) is 1. The van der Waals surface area contributed by atoms with Gasteiger partial charge in [0.05, 0.1) is 59.0 Å². The molecule has 1 aromatic rings. The Morgan fingerprint density at radius 1 is 1.10 bits per heavy atom. The number of carbonyl (C=O) groups excluding carboxylic acids is 2. The first-order chi connectivity index (χ1) is 14.5. The van der Waals surface area contributed by atoms with Crippen LogP contribution < -0.4 is 14.4 Å².